The summed E-state index contributed by atoms with van der Waals surface area (Å²) in [5, 5.41) is 3.85. The molecule has 3 rings (SSSR count). The van der Waals surface area contributed by atoms with Crippen molar-refractivity contribution in [2.45, 2.75) is 26.2 Å². The third-order valence-electron chi connectivity index (χ3n) is 3.66. The first-order chi connectivity index (χ1) is 9.24. The number of nitrogens with zero attached hydrogens (tertiary/aromatic N) is 4. The second kappa shape index (κ2) is 4.99. The number of hydrogen-bond donors (Lipinski definition) is 0. The molecule has 0 atom stereocenters. The van der Waals surface area contributed by atoms with Gasteiger partial charge in [-0.3, -0.25) is 0 Å². The Labute approximate surface area is 112 Å². The normalized spacial score (nSPS) is 15.3. The summed E-state index contributed by atoms with van der Waals surface area (Å²) < 4.78 is 5.26. The molecule has 100 valence electrons. The van der Waals surface area contributed by atoms with Gasteiger partial charge in [-0.15, -0.1) is 0 Å². The molecule has 19 heavy (non-hydrogen) atoms. The summed E-state index contributed by atoms with van der Waals surface area (Å²) in [5.41, 5.74) is 0.907. The first kappa shape index (κ1) is 12.1. The Kier molecular flexibility index (Phi) is 3.19. The molecule has 0 radical (unpaired) electrons. The Morgan fingerprint density at radius 2 is 2.26 bits per heavy atom. The number of aryl methyl sites for hydroxylation is 1. The SMILES string of the molecule is Cc1noc(-c2cccnc2N(C)CC2CCC2)n1. The van der Waals surface area contributed by atoms with Gasteiger partial charge in [-0.2, -0.15) is 4.98 Å². The fourth-order valence-electron chi connectivity index (χ4n) is 2.42. The summed E-state index contributed by atoms with van der Waals surface area (Å²) >= 11 is 0. The lowest BCUT2D eigenvalue weighted by Gasteiger charge is -2.31. The molecular weight excluding hydrogens is 240 g/mol. The zero-order chi connectivity index (χ0) is 13.2. The average molecular weight is 258 g/mol. The third kappa shape index (κ3) is 2.45. The molecule has 5 nitrogen and oxygen atoms in total. The molecule has 5 heteroatoms. The van der Waals surface area contributed by atoms with Gasteiger partial charge in [0.1, 0.15) is 5.82 Å². The molecule has 1 aliphatic rings. The molecule has 0 spiro atoms. The largest absolute Gasteiger partial charge is 0.359 e. The van der Waals surface area contributed by atoms with E-state index < -0.39 is 0 Å². The Morgan fingerprint density at radius 1 is 1.42 bits per heavy atom. The highest BCUT2D eigenvalue weighted by molar-refractivity contribution is 5.69. The van der Waals surface area contributed by atoms with Crippen LogP contribution in [0, 0.1) is 12.8 Å². The molecule has 0 aromatic carbocycles. The molecule has 1 fully saturated rings. The first-order valence-corrected chi connectivity index (χ1v) is 6.71. The molecule has 2 aromatic heterocycles. The van der Waals surface area contributed by atoms with Crippen molar-refractivity contribution in [1.29, 1.82) is 0 Å². The highest BCUT2D eigenvalue weighted by atomic mass is 16.5. The van der Waals surface area contributed by atoms with Gasteiger partial charge in [0.25, 0.3) is 5.89 Å². The molecule has 1 saturated carbocycles. The Balaban J connectivity index is 1.87. The molecule has 0 amide bonds. The third-order valence-corrected chi connectivity index (χ3v) is 3.66. The van der Waals surface area contributed by atoms with Crippen molar-refractivity contribution in [3.63, 3.8) is 0 Å². The van der Waals surface area contributed by atoms with Gasteiger partial charge < -0.3 is 9.42 Å². The van der Waals surface area contributed by atoms with Crippen LogP contribution in [0.15, 0.2) is 22.9 Å². The Bertz CT molecular complexity index is 562. The van der Waals surface area contributed by atoms with Crippen LogP contribution >= 0.6 is 0 Å². The number of anilines is 1. The minimum atomic E-state index is 0.543. The van der Waals surface area contributed by atoms with E-state index in [1.807, 2.05) is 19.1 Å². The molecule has 0 saturated heterocycles. The van der Waals surface area contributed by atoms with Gasteiger partial charge in [0.05, 0.1) is 5.56 Å². The number of pyridine rings is 1. The predicted octanol–water partition coefficient (Wildman–Crippen LogP) is 2.68. The quantitative estimate of drug-likeness (QED) is 0.844. The van der Waals surface area contributed by atoms with Gasteiger partial charge in [0, 0.05) is 19.8 Å². The van der Waals surface area contributed by atoms with Crippen molar-refractivity contribution in [3.05, 3.63) is 24.2 Å². The lowest BCUT2D eigenvalue weighted by atomic mass is 9.85. The molecule has 0 unspecified atom stereocenters. The van der Waals surface area contributed by atoms with Crippen LogP contribution in [0.5, 0.6) is 0 Å². The van der Waals surface area contributed by atoms with Gasteiger partial charge in [-0.1, -0.05) is 11.6 Å². The predicted molar refractivity (Wildman–Crippen MR) is 72.9 cm³/mol. The van der Waals surface area contributed by atoms with E-state index in [0.717, 1.165) is 23.8 Å². The molecular formula is C14H18N4O. The Hall–Kier alpha value is -1.91. The van der Waals surface area contributed by atoms with Gasteiger partial charge in [-0.25, -0.2) is 4.98 Å². The second-order valence-electron chi connectivity index (χ2n) is 5.20. The summed E-state index contributed by atoms with van der Waals surface area (Å²) in [5.74, 6) is 2.90. The van der Waals surface area contributed by atoms with Gasteiger partial charge in [0.2, 0.25) is 0 Å². The van der Waals surface area contributed by atoms with Crippen LogP contribution in [0.25, 0.3) is 11.5 Å². The fourth-order valence-corrected chi connectivity index (χ4v) is 2.42. The van der Waals surface area contributed by atoms with Crippen molar-refractivity contribution >= 4 is 5.82 Å². The number of hydrogen-bond acceptors (Lipinski definition) is 5. The van der Waals surface area contributed by atoms with Gasteiger partial charge in [-0.05, 0) is 37.8 Å². The minimum absolute atomic E-state index is 0.543. The first-order valence-electron chi connectivity index (χ1n) is 6.71. The van der Waals surface area contributed by atoms with E-state index in [1.54, 1.807) is 6.20 Å². The standard InChI is InChI=1S/C14H18N4O/c1-10-16-14(19-17-10)12-7-4-8-15-13(12)18(2)9-11-5-3-6-11/h4,7-8,11H,3,5-6,9H2,1-2H3. The molecule has 0 N–H and O–H groups in total. The van der Waals surface area contributed by atoms with Crippen LogP contribution < -0.4 is 4.90 Å². The van der Waals surface area contributed by atoms with E-state index in [4.69, 9.17) is 4.52 Å². The zero-order valence-corrected chi connectivity index (χ0v) is 11.3. The summed E-state index contributed by atoms with van der Waals surface area (Å²) in [7, 11) is 2.08. The van der Waals surface area contributed by atoms with Crippen LogP contribution in [0.1, 0.15) is 25.1 Å². The van der Waals surface area contributed by atoms with E-state index >= 15 is 0 Å². The Morgan fingerprint density at radius 3 is 2.89 bits per heavy atom. The highest BCUT2D eigenvalue weighted by Crippen LogP contribution is 2.31. The van der Waals surface area contributed by atoms with Crippen molar-refractivity contribution in [1.82, 2.24) is 15.1 Å². The highest BCUT2D eigenvalue weighted by Gasteiger charge is 2.22. The van der Waals surface area contributed by atoms with Crippen molar-refractivity contribution < 1.29 is 4.52 Å². The lowest BCUT2D eigenvalue weighted by molar-refractivity contribution is 0.321. The van der Waals surface area contributed by atoms with Crippen molar-refractivity contribution in [3.8, 4) is 11.5 Å². The molecule has 0 bridgehead atoms. The zero-order valence-electron chi connectivity index (χ0n) is 11.3. The van der Waals surface area contributed by atoms with Crippen LogP contribution in [-0.4, -0.2) is 28.7 Å². The molecule has 1 aliphatic carbocycles. The van der Waals surface area contributed by atoms with E-state index in [0.29, 0.717) is 11.7 Å². The van der Waals surface area contributed by atoms with Crippen molar-refractivity contribution in [2.24, 2.45) is 5.92 Å². The van der Waals surface area contributed by atoms with Crippen LogP contribution in [0.4, 0.5) is 5.82 Å². The summed E-state index contributed by atoms with van der Waals surface area (Å²) in [6.45, 7) is 2.86. The summed E-state index contributed by atoms with van der Waals surface area (Å²) in [4.78, 5) is 11.0. The summed E-state index contributed by atoms with van der Waals surface area (Å²) in [6, 6.07) is 3.88. The summed E-state index contributed by atoms with van der Waals surface area (Å²) in [6.07, 6.45) is 5.81. The monoisotopic (exact) mass is 258 g/mol. The van der Waals surface area contributed by atoms with E-state index in [9.17, 15) is 0 Å². The van der Waals surface area contributed by atoms with Crippen molar-refractivity contribution in [2.75, 3.05) is 18.5 Å². The van der Waals surface area contributed by atoms with E-state index in [-0.39, 0.29) is 0 Å². The molecule has 0 aliphatic heterocycles. The van der Waals surface area contributed by atoms with E-state index in [2.05, 4.69) is 27.1 Å². The van der Waals surface area contributed by atoms with Gasteiger partial charge in [0.15, 0.2) is 5.82 Å². The average Bonchev–Trinajstić information content (AvgIpc) is 2.80. The number of rotatable bonds is 4. The maximum atomic E-state index is 5.26. The molecule has 2 heterocycles. The number of aromatic nitrogens is 3. The van der Waals surface area contributed by atoms with E-state index in [1.165, 1.54) is 19.3 Å². The fraction of sp³-hybridized carbons (Fsp3) is 0.500. The second-order valence-corrected chi connectivity index (χ2v) is 5.20. The maximum absolute atomic E-state index is 5.26. The van der Waals surface area contributed by atoms with Crippen LogP contribution in [-0.2, 0) is 0 Å². The lowest BCUT2D eigenvalue weighted by Crippen LogP contribution is -2.30. The smallest absolute Gasteiger partial charge is 0.261 e. The van der Waals surface area contributed by atoms with Crippen LogP contribution in [0.3, 0.4) is 0 Å². The topological polar surface area (TPSA) is 55.1 Å². The molecule has 2 aromatic rings. The minimum Gasteiger partial charge on any atom is -0.359 e. The maximum Gasteiger partial charge on any atom is 0.261 e. The van der Waals surface area contributed by atoms with Crippen LogP contribution in [0.2, 0.25) is 0 Å². The van der Waals surface area contributed by atoms with Gasteiger partial charge >= 0.3 is 0 Å².